The van der Waals surface area contributed by atoms with Gasteiger partial charge in [0.15, 0.2) is 5.17 Å². The van der Waals surface area contributed by atoms with E-state index in [9.17, 15) is 9.59 Å². The SMILES string of the molecule is CNC(=O)NC(=NC(=O)NCc1ccc(C)cc1)SC. The molecule has 108 valence electrons. The molecule has 3 N–H and O–H groups in total. The summed E-state index contributed by atoms with van der Waals surface area (Å²) >= 11 is 1.18. The van der Waals surface area contributed by atoms with E-state index in [1.54, 1.807) is 6.26 Å². The lowest BCUT2D eigenvalue weighted by molar-refractivity contribution is 0.247. The highest BCUT2D eigenvalue weighted by atomic mass is 32.2. The molecular weight excluding hydrogens is 276 g/mol. The summed E-state index contributed by atoms with van der Waals surface area (Å²) in [7, 11) is 1.49. The number of hydrogen-bond acceptors (Lipinski definition) is 3. The first kappa shape index (κ1) is 16.0. The van der Waals surface area contributed by atoms with Crippen molar-refractivity contribution < 1.29 is 9.59 Å². The minimum atomic E-state index is -0.494. The first-order valence-electron chi connectivity index (χ1n) is 6.00. The van der Waals surface area contributed by atoms with Gasteiger partial charge in [-0.05, 0) is 18.7 Å². The maximum atomic E-state index is 11.6. The Labute approximate surface area is 122 Å². The quantitative estimate of drug-likeness (QED) is 0.575. The Morgan fingerprint density at radius 3 is 2.45 bits per heavy atom. The van der Waals surface area contributed by atoms with Crippen molar-refractivity contribution in [2.24, 2.45) is 4.99 Å². The van der Waals surface area contributed by atoms with Crippen LogP contribution in [0.2, 0.25) is 0 Å². The fourth-order valence-corrected chi connectivity index (χ4v) is 1.67. The van der Waals surface area contributed by atoms with Crippen molar-refractivity contribution in [3.8, 4) is 0 Å². The molecule has 0 radical (unpaired) electrons. The number of carbonyl (C=O) groups excluding carboxylic acids is 2. The summed E-state index contributed by atoms with van der Waals surface area (Å²) in [5, 5.41) is 7.75. The predicted molar refractivity (Wildman–Crippen MR) is 82.0 cm³/mol. The average molecular weight is 294 g/mol. The van der Waals surface area contributed by atoms with Crippen LogP contribution in [0.15, 0.2) is 29.3 Å². The number of amides is 4. The smallest absolute Gasteiger partial charge is 0.341 e. The summed E-state index contributed by atoms with van der Waals surface area (Å²) in [5.41, 5.74) is 2.15. The number of benzene rings is 1. The van der Waals surface area contributed by atoms with Gasteiger partial charge in [0.25, 0.3) is 0 Å². The van der Waals surface area contributed by atoms with Gasteiger partial charge in [0.1, 0.15) is 0 Å². The zero-order valence-corrected chi connectivity index (χ0v) is 12.5. The number of carbonyl (C=O) groups is 2. The molecule has 0 atom stereocenters. The molecule has 7 heteroatoms. The van der Waals surface area contributed by atoms with Crippen LogP contribution in [-0.2, 0) is 6.54 Å². The Hall–Kier alpha value is -2.02. The number of nitrogens with zero attached hydrogens (tertiary/aromatic N) is 1. The van der Waals surface area contributed by atoms with E-state index < -0.39 is 12.1 Å². The molecule has 0 spiro atoms. The molecular formula is C13H18N4O2S. The molecule has 0 aliphatic rings. The fourth-order valence-electron chi connectivity index (χ4n) is 1.30. The van der Waals surface area contributed by atoms with Crippen molar-refractivity contribution in [2.45, 2.75) is 13.5 Å². The molecule has 0 unspecified atom stereocenters. The van der Waals surface area contributed by atoms with Gasteiger partial charge < -0.3 is 10.6 Å². The number of nitrogens with one attached hydrogen (secondary N) is 3. The number of hydrogen-bond donors (Lipinski definition) is 3. The van der Waals surface area contributed by atoms with E-state index in [2.05, 4.69) is 20.9 Å². The second-order valence-corrected chi connectivity index (χ2v) is 4.76. The van der Waals surface area contributed by atoms with Crippen molar-refractivity contribution in [3.63, 3.8) is 0 Å². The lowest BCUT2D eigenvalue weighted by atomic mass is 10.1. The van der Waals surface area contributed by atoms with E-state index >= 15 is 0 Å². The van der Waals surface area contributed by atoms with Gasteiger partial charge in [0.05, 0.1) is 0 Å². The van der Waals surface area contributed by atoms with Gasteiger partial charge in [-0.3, -0.25) is 5.32 Å². The Balaban J connectivity index is 2.52. The van der Waals surface area contributed by atoms with Gasteiger partial charge in [-0.15, -0.1) is 0 Å². The first-order chi connectivity index (χ1) is 9.55. The maximum Gasteiger partial charge on any atom is 0.343 e. The molecule has 0 aromatic heterocycles. The van der Waals surface area contributed by atoms with Gasteiger partial charge in [-0.2, -0.15) is 4.99 Å². The van der Waals surface area contributed by atoms with Crippen LogP contribution in [0.5, 0.6) is 0 Å². The van der Waals surface area contributed by atoms with Crippen LogP contribution in [0.3, 0.4) is 0 Å². The van der Waals surface area contributed by atoms with Crippen LogP contribution in [0.1, 0.15) is 11.1 Å². The van der Waals surface area contributed by atoms with Crippen molar-refractivity contribution in [3.05, 3.63) is 35.4 Å². The van der Waals surface area contributed by atoms with Crippen molar-refractivity contribution in [1.82, 2.24) is 16.0 Å². The largest absolute Gasteiger partial charge is 0.343 e. The number of thioether (sulfide) groups is 1. The monoisotopic (exact) mass is 294 g/mol. The van der Waals surface area contributed by atoms with Crippen LogP contribution in [0, 0.1) is 6.92 Å². The molecule has 0 heterocycles. The molecule has 1 aromatic carbocycles. The molecule has 0 aliphatic carbocycles. The van der Waals surface area contributed by atoms with Crippen LogP contribution < -0.4 is 16.0 Å². The molecule has 0 fully saturated rings. The summed E-state index contributed by atoms with van der Waals surface area (Å²) < 4.78 is 0. The summed E-state index contributed by atoms with van der Waals surface area (Å²) in [4.78, 5) is 26.5. The number of amidine groups is 1. The summed E-state index contributed by atoms with van der Waals surface area (Å²) in [6.45, 7) is 2.39. The number of aryl methyl sites for hydroxylation is 1. The number of urea groups is 2. The van der Waals surface area contributed by atoms with Crippen molar-refractivity contribution >= 4 is 29.0 Å². The van der Waals surface area contributed by atoms with E-state index in [4.69, 9.17) is 0 Å². The normalized spacial score (nSPS) is 10.8. The highest BCUT2D eigenvalue weighted by Gasteiger charge is 2.05. The van der Waals surface area contributed by atoms with Crippen LogP contribution in [-0.4, -0.2) is 30.5 Å². The highest BCUT2D eigenvalue weighted by molar-refractivity contribution is 8.13. The zero-order valence-electron chi connectivity index (χ0n) is 11.7. The number of aliphatic imine (C=N–C) groups is 1. The first-order valence-corrected chi connectivity index (χ1v) is 7.22. The van der Waals surface area contributed by atoms with Gasteiger partial charge in [-0.1, -0.05) is 41.6 Å². The third-order valence-corrected chi connectivity index (χ3v) is 2.99. The van der Waals surface area contributed by atoms with E-state index in [1.807, 2.05) is 31.2 Å². The summed E-state index contributed by atoms with van der Waals surface area (Å²) in [5.74, 6) is 0. The zero-order chi connectivity index (χ0) is 15.0. The minimum Gasteiger partial charge on any atom is -0.341 e. The second-order valence-electron chi connectivity index (χ2n) is 3.97. The Morgan fingerprint density at radius 1 is 1.25 bits per heavy atom. The number of rotatable bonds is 2. The standard InChI is InChI=1S/C13H18N4O2S/c1-9-4-6-10(7-5-9)8-15-12(19)17-13(20-3)16-11(18)14-2/h4-7H,8H2,1-3H3,(H3,14,15,16,17,18,19). The van der Waals surface area contributed by atoms with Gasteiger partial charge >= 0.3 is 12.1 Å². The second kappa shape index (κ2) is 8.21. The van der Waals surface area contributed by atoms with Gasteiger partial charge in [-0.25, -0.2) is 9.59 Å². The maximum absolute atomic E-state index is 11.6. The lowest BCUT2D eigenvalue weighted by Crippen LogP contribution is -2.37. The van der Waals surface area contributed by atoms with E-state index in [0.717, 1.165) is 11.1 Å². The summed E-state index contributed by atoms with van der Waals surface area (Å²) in [6, 6.07) is 6.93. The molecule has 0 bridgehead atoms. The van der Waals surface area contributed by atoms with Crippen LogP contribution in [0.4, 0.5) is 9.59 Å². The van der Waals surface area contributed by atoms with E-state index in [-0.39, 0.29) is 5.17 Å². The fraction of sp³-hybridized carbons (Fsp3) is 0.308. The third-order valence-electron chi connectivity index (χ3n) is 2.41. The van der Waals surface area contributed by atoms with Gasteiger partial charge in [0.2, 0.25) is 0 Å². The van der Waals surface area contributed by atoms with Crippen LogP contribution >= 0.6 is 11.8 Å². The topological polar surface area (TPSA) is 82.6 Å². The van der Waals surface area contributed by atoms with Gasteiger partial charge in [0, 0.05) is 13.6 Å². The van der Waals surface area contributed by atoms with Crippen molar-refractivity contribution in [1.29, 1.82) is 0 Å². The van der Waals surface area contributed by atoms with Crippen LogP contribution in [0.25, 0.3) is 0 Å². The summed E-state index contributed by atoms with van der Waals surface area (Å²) in [6.07, 6.45) is 1.72. The average Bonchev–Trinajstić information content (AvgIpc) is 2.45. The Bertz CT molecular complexity index is 500. The molecule has 1 rings (SSSR count). The molecule has 1 aromatic rings. The Morgan fingerprint density at radius 2 is 1.90 bits per heavy atom. The minimum absolute atomic E-state index is 0.241. The molecule has 0 saturated heterocycles. The lowest BCUT2D eigenvalue weighted by Gasteiger charge is -2.06. The molecule has 0 aliphatic heterocycles. The molecule has 0 saturated carbocycles. The molecule has 20 heavy (non-hydrogen) atoms. The Kier molecular flexibility index (Phi) is 6.58. The molecule has 6 nitrogen and oxygen atoms in total. The predicted octanol–water partition coefficient (Wildman–Crippen LogP) is 1.85. The van der Waals surface area contributed by atoms with E-state index in [1.165, 1.54) is 18.8 Å². The highest BCUT2D eigenvalue weighted by Crippen LogP contribution is 2.02. The molecule has 4 amide bonds. The third kappa shape index (κ3) is 5.75. The van der Waals surface area contributed by atoms with E-state index in [0.29, 0.717) is 6.54 Å². The van der Waals surface area contributed by atoms with Crippen molar-refractivity contribution in [2.75, 3.05) is 13.3 Å².